The van der Waals surface area contributed by atoms with E-state index < -0.39 is 5.82 Å². The maximum absolute atomic E-state index is 14.1. The van der Waals surface area contributed by atoms with Crippen molar-refractivity contribution in [3.05, 3.63) is 70.5 Å². The van der Waals surface area contributed by atoms with E-state index in [2.05, 4.69) is 37.0 Å². The summed E-state index contributed by atoms with van der Waals surface area (Å²) in [5.74, 6) is -0.00852. The first-order valence-electron chi connectivity index (χ1n) is 8.15. The van der Waals surface area contributed by atoms with E-state index in [0.717, 1.165) is 5.69 Å². The van der Waals surface area contributed by atoms with Crippen molar-refractivity contribution in [2.75, 3.05) is 4.90 Å². The molecule has 1 aromatic heterocycles. The molecular weight excluding hydrogens is 367 g/mol. The molecule has 0 radical (unpaired) electrons. The lowest BCUT2D eigenvalue weighted by Crippen LogP contribution is -2.23. The van der Waals surface area contributed by atoms with Gasteiger partial charge in [0.05, 0.1) is 11.4 Å². The average Bonchev–Trinajstić information content (AvgIpc) is 3.04. The molecule has 6 heteroatoms. The average molecular weight is 387 g/mol. The molecule has 0 saturated carbocycles. The Balaban J connectivity index is 1.79. The molecule has 2 aromatic carbocycles. The fraction of sp³-hybridized carbons (Fsp3) is 0.200. The highest BCUT2D eigenvalue weighted by Gasteiger charge is 2.20. The summed E-state index contributed by atoms with van der Waals surface area (Å²) in [5.41, 5.74) is 3.58. The summed E-state index contributed by atoms with van der Waals surface area (Å²) >= 11 is 3.05. The lowest BCUT2D eigenvalue weighted by Gasteiger charge is -2.18. The van der Waals surface area contributed by atoms with Crippen molar-refractivity contribution < 1.29 is 9.18 Å². The van der Waals surface area contributed by atoms with Crippen LogP contribution in [0.25, 0.3) is 0 Å². The standard InChI is InChI=1S/C20H19FN2OS2/c1-13-8-9-19(14(2)10-13)25-11-16-12-26-20(22-16)23(15(3)24)18-7-5-4-6-17(18)21/h4-10,12H,11H2,1-3H3. The van der Waals surface area contributed by atoms with Crippen LogP contribution in [0.4, 0.5) is 15.2 Å². The van der Waals surface area contributed by atoms with Crippen LogP contribution in [0.15, 0.2) is 52.7 Å². The van der Waals surface area contributed by atoms with E-state index in [9.17, 15) is 9.18 Å². The number of hydrogen-bond acceptors (Lipinski definition) is 4. The van der Waals surface area contributed by atoms with Crippen LogP contribution in [0, 0.1) is 19.7 Å². The van der Waals surface area contributed by atoms with Crippen molar-refractivity contribution in [2.24, 2.45) is 0 Å². The number of thiazole rings is 1. The van der Waals surface area contributed by atoms with Crippen LogP contribution in [-0.4, -0.2) is 10.9 Å². The summed E-state index contributed by atoms with van der Waals surface area (Å²) in [5, 5.41) is 2.40. The van der Waals surface area contributed by atoms with Gasteiger partial charge in [0.25, 0.3) is 0 Å². The molecule has 3 nitrogen and oxygen atoms in total. The number of aryl methyl sites for hydroxylation is 2. The third-order valence-corrected chi connectivity index (χ3v) is 5.93. The van der Waals surface area contributed by atoms with E-state index in [1.54, 1.807) is 30.0 Å². The van der Waals surface area contributed by atoms with Crippen LogP contribution < -0.4 is 4.90 Å². The highest BCUT2D eigenvalue weighted by atomic mass is 32.2. The van der Waals surface area contributed by atoms with E-state index in [1.165, 1.54) is 45.2 Å². The number of carbonyl (C=O) groups is 1. The minimum absolute atomic E-state index is 0.225. The molecular formula is C20H19FN2OS2. The molecule has 0 N–H and O–H groups in total. The molecule has 1 heterocycles. The van der Waals surface area contributed by atoms with Crippen LogP contribution in [-0.2, 0) is 10.5 Å². The van der Waals surface area contributed by atoms with Crippen molar-refractivity contribution in [2.45, 2.75) is 31.4 Å². The number of carbonyl (C=O) groups excluding carboxylic acids is 1. The highest BCUT2D eigenvalue weighted by molar-refractivity contribution is 7.98. The second-order valence-electron chi connectivity index (χ2n) is 5.98. The van der Waals surface area contributed by atoms with Gasteiger partial charge in [0, 0.05) is 23.0 Å². The quantitative estimate of drug-likeness (QED) is 0.514. The molecule has 0 aliphatic heterocycles. The van der Waals surface area contributed by atoms with E-state index >= 15 is 0 Å². The summed E-state index contributed by atoms with van der Waals surface area (Å²) in [6, 6.07) is 12.6. The zero-order valence-corrected chi connectivity index (χ0v) is 16.5. The lowest BCUT2D eigenvalue weighted by atomic mass is 10.2. The van der Waals surface area contributed by atoms with Crippen molar-refractivity contribution in [3.8, 4) is 0 Å². The number of benzene rings is 2. The van der Waals surface area contributed by atoms with Crippen LogP contribution in [0.2, 0.25) is 0 Å². The first-order chi connectivity index (χ1) is 12.5. The molecule has 0 fully saturated rings. The second-order valence-corrected chi connectivity index (χ2v) is 7.84. The summed E-state index contributed by atoms with van der Waals surface area (Å²) in [6.07, 6.45) is 0. The van der Waals surface area contributed by atoms with Gasteiger partial charge in [-0.2, -0.15) is 0 Å². The van der Waals surface area contributed by atoms with Gasteiger partial charge in [-0.25, -0.2) is 9.37 Å². The normalized spacial score (nSPS) is 10.8. The van der Waals surface area contributed by atoms with E-state index in [0.29, 0.717) is 10.9 Å². The first-order valence-corrected chi connectivity index (χ1v) is 10.0. The molecule has 0 aliphatic rings. The van der Waals surface area contributed by atoms with E-state index in [1.807, 2.05) is 5.38 Å². The highest BCUT2D eigenvalue weighted by Crippen LogP contribution is 2.33. The predicted octanol–water partition coefficient (Wildman–Crippen LogP) is 5.88. The number of halogens is 1. The second kappa shape index (κ2) is 8.01. The Hall–Kier alpha value is -2.18. The minimum Gasteiger partial charge on any atom is -0.274 e. The summed E-state index contributed by atoms with van der Waals surface area (Å²) in [7, 11) is 0. The van der Waals surface area contributed by atoms with Crippen LogP contribution in [0.1, 0.15) is 23.7 Å². The molecule has 3 rings (SSSR count). The minimum atomic E-state index is -0.441. The molecule has 26 heavy (non-hydrogen) atoms. The Bertz CT molecular complexity index is 939. The fourth-order valence-electron chi connectivity index (χ4n) is 2.62. The Morgan fingerprint density at radius 2 is 2.00 bits per heavy atom. The fourth-order valence-corrected chi connectivity index (χ4v) is 4.51. The zero-order chi connectivity index (χ0) is 18.7. The molecule has 0 spiro atoms. The number of rotatable bonds is 5. The summed E-state index contributed by atoms with van der Waals surface area (Å²) < 4.78 is 14.1. The van der Waals surface area contributed by atoms with Crippen LogP contribution >= 0.6 is 23.1 Å². The van der Waals surface area contributed by atoms with Crippen molar-refractivity contribution in [1.29, 1.82) is 0 Å². The number of amides is 1. The molecule has 0 atom stereocenters. The van der Waals surface area contributed by atoms with Crippen molar-refractivity contribution in [1.82, 2.24) is 4.98 Å². The molecule has 134 valence electrons. The topological polar surface area (TPSA) is 33.2 Å². The maximum Gasteiger partial charge on any atom is 0.230 e. The number of anilines is 2. The van der Waals surface area contributed by atoms with Gasteiger partial charge in [-0.15, -0.1) is 23.1 Å². The molecule has 3 aromatic rings. The Morgan fingerprint density at radius 3 is 2.69 bits per heavy atom. The lowest BCUT2D eigenvalue weighted by molar-refractivity contribution is -0.115. The third-order valence-electron chi connectivity index (χ3n) is 3.85. The Morgan fingerprint density at radius 1 is 1.23 bits per heavy atom. The molecule has 0 aliphatic carbocycles. The molecule has 0 unspecified atom stereocenters. The summed E-state index contributed by atoms with van der Waals surface area (Å²) in [4.78, 5) is 19.2. The van der Waals surface area contributed by atoms with Gasteiger partial charge in [-0.05, 0) is 37.6 Å². The first kappa shape index (κ1) is 18.6. The van der Waals surface area contributed by atoms with Gasteiger partial charge in [0.2, 0.25) is 5.91 Å². The molecule has 1 amide bonds. The van der Waals surface area contributed by atoms with Gasteiger partial charge < -0.3 is 0 Å². The van der Waals surface area contributed by atoms with Gasteiger partial charge in [-0.3, -0.25) is 9.69 Å². The molecule has 0 bridgehead atoms. The maximum atomic E-state index is 14.1. The Labute approximate surface area is 160 Å². The van der Waals surface area contributed by atoms with E-state index in [-0.39, 0.29) is 11.6 Å². The smallest absolute Gasteiger partial charge is 0.230 e. The van der Waals surface area contributed by atoms with Gasteiger partial charge in [-0.1, -0.05) is 29.8 Å². The summed E-state index contributed by atoms with van der Waals surface area (Å²) in [6.45, 7) is 5.59. The third kappa shape index (κ3) is 4.14. The number of thioether (sulfide) groups is 1. The van der Waals surface area contributed by atoms with Gasteiger partial charge >= 0.3 is 0 Å². The van der Waals surface area contributed by atoms with E-state index in [4.69, 9.17) is 0 Å². The monoisotopic (exact) mass is 386 g/mol. The van der Waals surface area contributed by atoms with Crippen LogP contribution in [0.3, 0.4) is 0 Å². The zero-order valence-electron chi connectivity index (χ0n) is 14.8. The number of hydrogen-bond donors (Lipinski definition) is 0. The SMILES string of the molecule is CC(=O)N(c1nc(CSc2ccc(C)cc2C)cs1)c1ccccc1F. The number of para-hydroxylation sites is 1. The van der Waals surface area contributed by atoms with Crippen molar-refractivity contribution in [3.63, 3.8) is 0 Å². The number of nitrogens with zero attached hydrogens (tertiary/aromatic N) is 2. The Kier molecular flexibility index (Phi) is 5.74. The number of aromatic nitrogens is 1. The van der Waals surface area contributed by atoms with Gasteiger partial charge in [0.15, 0.2) is 5.13 Å². The predicted molar refractivity (Wildman–Crippen MR) is 107 cm³/mol. The van der Waals surface area contributed by atoms with Crippen molar-refractivity contribution >= 4 is 39.8 Å². The van der Waals surface area contributed by atoms with Crippen LogP contribution in [0.5, 0.6) is 0 Å². The largest absolute Gasteiger partial charge is 0.274 e. The molecule has 0 saturated heterocycles. The van der Waals surface area contributed by atoms with Gasteiger partial charge in [0.1, 0.15) is 5.82 Å².